The number of alkyl carbamates (subject to hydrolysis) is 1. The number of aliphatic hydroxyl groups excluding tert-OH is 3. The minimum atomic E-state index is -1.58. The Hall–Kier alpha value is -3.02. The molecule has 4 N–H and O–H groups in total. The van der Waals surface area contributed by atoms with Crippen LogP contribution in [-0.2, 0) is 36.8 Å². The maximum absolute atomic E-state index is 13.3. The molecule has 10 heteroatoms. The van der Waals surface area contributed by atoms with Gasteiger partial charge in [0.2, 0.25) is 0 Å². The van der Waals surface area contributed by atoms with Gasteiger partial charge in [0, 0.05) is 13.0 Å². The minimum Gasteiger partial charge on any atom is -0.455 e. The molecule has 0 aliphatic carbocycles. The van der Waals surface area contributed by atoms with E-state index < -0.39 is 55.4 Å². The van der Waals surface area contributed by atoms with Crippen molar-refractivity contribution in [3.63, 3.8) is 0 Å². The summed E-state index contributed by atoms with van der Waals surface area (Å²) in [7, 11) is 0. The summed E-state index contributed by atoms with van der Waals surface area (Å²) in [4.78, 5) is 25.9. The predicted octanol–water partition coefficient (Wildman–Crippen LogP) is 3.25. The lowest BCUT2D eigenvalue weighted by Crippen LogP contribution is -2.61. The first kappa shape index (κ1) is 32.5. The fourth-order valence-corrected chi connectivity index (χ4v) is 4.58. The molecular formula is C31H43NO9. The van der Waals surface area contributed by atoms with Crippen molar-refractivity contribution in [3.05, 3.63) is 71.8 Å². The number of aliphatic hydroxyl groups is 3. The highest BCUT2D eigenvalue weighted by atomic mass is 16.7. The van der Waals surface area contributed by atoms with Crippen molar-refractivity contribution >= 4 is 12.1 Å². The van der Waals surface area contributed by atoms with E-state index in [9.17, 15) is 24.9 Å². The zero-order chi connectivity index (χ0) is 29.5. The zero-order valence-corrected chi connectivity index (χ0v) is 23.6. The summed E-state index contributed by atoms with van der Waals surface area (Å²) in [5.74, 6) is -0.879. The van der Waals surface area contributed by atoms with Gasteiger partial charge in [-0.2, -0.15) is 0 Å². The first-order valence-corrected chi connectivity index (χ1v) is 14.4. The molecule has 0 aromatic heterocycles. The third-order valence-corrected chi connectivity index (χ3v) is 6.92. The average molecular weight is 574 g/mol. The number of esters is 1. The lowest BCUT2D eigenvalue weighted by Gasteiger charge is -2.41. The molecule has 0 radical (unpaired) electrons. The molecule has 1 aliphatic rings. The Kier molecular flexibility index (Phi) is 14.0. The SMILES string of the molecule is CCCCCCCCO[C@@H]1O[C@H](CO)[C@@H](OC(=O)[C@@H](Cc2ccccc2)NC(=O)OCc2ccccc2)[C@H](O)[C@H]1O. The second-order valence-corrected chi connectivity index (χ2v) is 10.2. The Morgan fingerprint density at radius 3 is 2.20 bits per heavy atom. The summed E-state index contributed by atoms with van der Waals surface area (Å²) in [6.45, 7) is 1.89. The second-order valence-electron chi connectivity index (χ2n) is 10.2. The first-order valence-electron chi connectivity index (χ1n) is 14.4. The maximum Gasteiger partial charge on any atom is 0.408 e. The van der Waals surface area contributed by atoms with Crippen LogP contribution in [0.3, 0.4) is 0 Å². The number of amides is 1. The minimum absolute atomic E-state index is 0.00780. The van der Waals surface area contributed by atoms with Crippen molar-refractivity contribution in [1.82, 2.24) is 5.32 Å². The molecule has 0 bridgehead atoms. The molecule has 1 aliphatic heterocycles. The molecule has 0 saturated carbocycles. The maximum atomic E-state index is 13.3. The number of carbonyl (C=O) groups is 2. The fourth-order valence-electron chi connectivity index (χ4n) is 4.58. The highest BCUT2D eigenvalue weighted by Crippen LogP contribution is 2.25. The van der Waals surface area contributed by atoms with Gasteiger partial charge in [0.15, 0.2) is 12.4 Å². The van der Waals surface area contributed by atoms with Crippen LogP contribution in [0.1, 0.15) is 56.6 Å². The molecule has 0 unspecified atom stereocenters. The number of rotatable bonds is 16. The van der Waals surface area contributed by atoms with Crippen LogP contribution in [0.2, 0.25) is 0 Å². The monoisotopic (exact) mass is 573 g/mol. The molecule has 1 heterocycles. The van der Waals surface area contributed by atoms with Gasteiger partial charge in [0.05, 0.1) is 6.61 Å². The van der Waals surface area contributed by atoms with Crippen molar-refractivity contribution < 1.29 is 43.9 Å². The largest absolute Gasteiger partial charge is 0.455 e. The molecule has 41 heavy (non-hydrogen) atoms. The van der Waals surface area contributed by atoms with Crippen LogP contribution >= 0.6 is 0 Å². The van der Waals surface area contributed by atoms with Gasteiger partial charge in [-0.3, -0.25) is 0 Å². The van der Waals surface area contributed by atoms with Crippen LogP contribution in [0.25, 0.3) is 0 Å². The number of carbonyl (C=O) groups excluding carboxylic acids is 2. The highest BCUT2D eigenvalue weighted by Gasteiger charge is 2.47. The lowest BCUT2D eigenvalue weighted by molar-refractivity contribution is -0.303. The van der Waals surface area contributed by atoms with Gasteiger partial charge < -0.3 is 39.6 Å². The summed E-state index contributed by atoms with van der Waals surface area (Å²) in [5, 5.41) is 33.9. The molecule has 0 spiro atoms. The number of hydrogen-bond acceptors (Lipinski definition) is 9. The van der Waals surface area contributed by atoms with E-state index in [0.717, 1.165) is 43.2 Å². The summed E-state index contributed by atoms with van der Waals surface area (Å²) in [5.41, 5.74) is 1.53. The molecule has 2 aromatic carbocycles. The Morgan fingerprint density at radius 2 is 1.54 bits per heavy atom. The van der Waals surface area contributed by atoms with Gasteiger partial charge in [0.25, 0.3) is 0 Å². The molecule has 1 amide bonds. The number of nitrogens with one attached hydrogen (secondary N) is 1. The van der Waals surface area contributed by atoms with Crippen molar-refractivity contribution in [2.75, 3.05) is 13.2 Å². The third kappa shape index (κ3) is 10.7. The van der Waals surface area contributed by atoms with E-state index in [4.69, 9.17) is 18.9 Å². The van der Waals surface area contributed by atoms with E-state index in [1.165, 1.54) is 6.42 Å². The van der Waals surface area contributed by atoms with Crippen molar-refractivity contribution in [2.45, 2.75) is 95.2 Å². The molecular weight excluding hydrogens is 530 g/mol. The summed E-state index contributed by atoms with van der Waals surface area (Å²) in [6.07, 6.45) is -1.22. The lowest BCUT2D eigenvalue weighted by atomic mass is 9.98. The Morgan fingerprint density at radius 1 is 0.902 bits per heavy atom. The first-order chi connectivity index (χ1) is 19.9. The zero-order valence-electron chi connectivity index (χ0n) is 23.6. The van der Waals surface area contributed by atoms with Crippen LogP contribution in [0, 0.1) is 0 Å². The van der Waals surface area contributed by atoms with Gasteiger partial charge in [0.1, 0.15) is 31.0 Å². The standard InChI is InChI=1S/C31H43NO9/c1-2-3-4-5-6-13-18-38-30-27(35)26(34)28(25(20-33)40-30)41-29(36)24(19-22-14-9-7-10-15-22)32-31(37)39-21-23-16-11-8-12-17-23/h7-12,14-17,24-28,30,33-35H,2-6,13,18-21H2,1H3,(H,32,37)/t24-,25-,26-,27-,28-,30-/m1/s1. The van der Waals surface area contributed by atoms with E-state index in [1.807, 2.05) is 24.3 Å². The fraction of sp³-hybridized carbons (Fsp3) is 0.548. The average Bonchev–Trinajstić information content (AvgIpc) is 2.99. The smallest absolute Gasteiger partial charge is 0.408 e. The molecule has 10 nitrogen and oxygen atoms in total. The third-order valence-electron chi connectivity index (χ3n) is 6.92. The van der Waals surface area contributed by atoms with Gasteiger partial charge in [-0.25, -0.2) is 9.59 Å². The second kappa shape index (κ2) is 17.7. The van der Waals surface area contributed by atoms with Gasteiger partial charge in [-0.1, -0.05) is 99.7 Å². The van der Waals surface area contributed by atoms with Crippen LogP contribution in [0.5, 0.6) is 0 Å². The van der Waals surface area contributed by atoms with Gasteiger partial charge >= 0.3 is 12.1 Å². The van der Waals surface area contributed by atoms with Crippen LogP contribution < -0.4 is 5.32 Å². The number of unbranched alkanes of at least 4 members (excludes halogenated alkanes) is 5. The van der Waals surface area contributed by atoms with E-state index in [0.29, 0.717) is 6.61 Å². The van der Waals surface area contributed by atoms with E-state index >= 15 is 0 Å². The predicted molar refractivity (Wildman–Crippen MR) is 151 cm³/mol. The van der Waals surface area contributed by atoms with Gasteiger partial charge in [-0.05, 0) is 17.5 Å². The summed E-state index contributed by atoms with van der Waals surface area (Å²) < 4.78 is 22.1. The van der Waals surface area contributed by atoms with Gasteiger partial charge in [-0.15, -0.1) is 0 Å². The summed E-state index contributed by atoms with van der Waals surface area (Å²) in [6, 6.07) is 16.9. The Bertz CT molecular complexity index is 1020. The molecule has 3 rings (SSSR count). The van der Waals surface area contributed by atoms with Crippen molar-refractivity contribution in [3.8, 4) is 0 Å². The number of ether oxygens (including phenoxy) is 4. The van der Waals surface area contributed by atoms with Crippen LogP contribution in [0.4, 0.5) is 4.79 Å². The molecule has 1 fully saturated rings. The van der Waals surface area contributed by atoms with E-state index in [-0.39, 0.29) is 13.0 Å². The number of benzene rings is 2. The van der Waals surface area contributed by atoms with Crippen molar-refractivity contribution in [1.29, 1.82) is 0 Å². The Balaban J connectivity index is 1.59. The quantitative estimate of drug-likeness (QED) is 0.176. The number of hydrogen-bond donors (Lipinski definition) is 4. The Labute approximate surface area is 241 Å². The summed E-state index contributed by atoms with van der Waals surface area (Å²) >= 11 is 0. The normalized spacial score (nSPS) is 23.0. The molecule has 2 aromatic rings. The molecule has 6 atom stereocenters. The molecule has 1 saturated heterocycles. The van der Waals surface area contributed by atoms with Crippen LogP contribution in [-0.4, -0.2) is 77.3 Å². The molecule has 226 valence electrons. The highest BCUT2D eigenvalue weighted by molar-refractivity contribution is 5.82. The van der Waals surface area contributed by atoms with Crippen LogP contribution in [0.15, 0.2) is 60.7 Å². The van der Waals surface area contributed by atoms with E-state index in [2.05, 4.69) is 12.2 Å². The van der Waals surface area contributed by atoms with E-state index in [1.54, 1.807) is 36.4 Å². The van der Waals surface area contributed by atoms with Crippen molar-refractivity contribution in [2.24, 2.45) is 0 Å². The topological polar surface area (TPSA) is 144 Å².